The summed E-state index contributed by atoms with van der Waals surface area (Å²) in [5, 5.41) is 27.0. The van der Waals surface area contributed by atoms with Gasteiger partial charge < -0.3 is 5.11 Å². The highest BCUT2D eigenvalue weighted by atomic mass is 16.3. The van der Waals surface area contributed by atoms with E-state index in [-0.39, 0.29) is 5.75 Å². The van der Waals surface area contributed by atoms with Crippen molar-refractivity contribution in [3.05, 3.63) is 53.6 Å². The van der Waals surface area contributed by atoms with Gasteiger partial charge in [0.2, 0.25) is 0 Å². The highest BCUT2D eigenvalue weighted by Crippen LogP contribution is 2.25. The Labute approximate surface area is 98.8 Å². The van der Waals surface area contributed by atoms with Crippen LogP contribution in [0.5, 0.6) is 5.75 Å². The van der Waals surface area contributed by atoms with Crippen LogP contribution in [0.2, 0.25) is 0 Å². The Bertz CT molecular complexity index is 631. The summed E-state index contributed by atoms with van der Waals surface area (Å²) in [6.07, 6.45) is 0. The van der Waals surface area contributed by atoms with Crippen molar-refractivity contribution in [2.45, 2.75) is 0 Å². The summed E-state index contributed by atoms with van der Waals surface area (Å²) in [7, 11) is 0. The van der Waals surface area contributed by atoms with Crippen molar-refractivity contribution in [1.82, 2.24) is 0 Å². The van der Waals surface area contributed by atoms with Gasteiger partial charge in [0.25, 0.3) is 0 Å². The average molecular weight is 220 g/mol. The Morgan fingerprint density at radius 3 is 2.18 bits per heavy atom. The summed E-state index contributed by atoms with van der Waals surface area (Å²) < 4.78 is 0. The predicted molar refractivity (Wildman–Crippen MR) is 63.0 cm³/mol. The zero-order chi connectivity index (χ0) is 12.3. The maximum absolute atomic E-state index is 9.20. The van der Waals surface area contributed by atoms with E-state index in [9.17, 15) is 5.11 Å². The number of phenols is 1. The van der Waals surface area contributed by atoms with E-state index in [0.29, 0.717) is 11.1 Å². The molecule has 2 rings (SSSR count). The van der Waals surface area contributed by atoms with Crippen LogP contribution in [0.25, 0.3) is 11.1 Å². The quantitative estimate of drug-likeness (QED) is 0.803. The smallest absolute Gasteiger partial charge is 0.115 e. The first-order valence-electron chi connectivity index (χ1n) is 4.98. The van der Waals surface area contributed by atoms with Gasteiger partial charge in [0, 0.05) is 0 Å². The summed E-state index contributed by atoms with van der Waals surface area (Å²) in [5.41, 5.74) is 2.51. The Hall–Kier alpha value is -2.78. The molecular formula is C14H8N2O. The highest BCUT2D eigenvalue weighted by molar-refractivity contribution is 5.71. The molecule has 0 saturated carbocycles. The molecule has 0 amide bonds. The van der Waals surface area contributed by atoms with Crippen molar-refractivity contribution < 1.29 is 5.11 Å². The summed E-state index contributed by atoms with van der Waals surface area (Å²) in [5.74, 6) is 0.181. The lowest BCUT2D eigenvalue weighted by Gasteiger charge is -2.04. The van der Waals surface area contributed by atoms with Crippen LogP contribution in [0.3, 0.4) is 0 Å². The third-order valence-corrected chi connectivity index (χ3v) is 2.45. The van der Waals surface area contributed by atoms with Crippen molar-refractivity contribution >= 4 is 0 Å². The third-order valence-electron chi connectivity index (χ3n) is 2.45. The van der Waals surface area contributed by atoms with Gasteiger partial charge in [0.15, 0.2) is 0 Å². The molecule has 0 fully saturated rings. The van der Waals surface area contributed by atoms with Crippen molar-refractivity contribution in [1.29, 1.82) is 10.5 Å². The number of benzene rings is 2. The molecule has 0 unspecified atom stereocenters. The standard InChI is InChI=1S/C14H8N2O/c15-8-10-1-6-14(12(7-10)9-16)11-2-4-13(17)5-3-11/h1-7,17H. The molecule has 0 aliphatic heterocycles. The number of aromatic hydroxyl groups is 1. The van der Waals surface area contributed by atoms with E-state index in [1.165, 1.54) is 0 Å². The second-order valence-electron chi connectivity index (χ2n) is 3.53. The Morgan fingerprint density at radius 2 is 1.59 bits per heavy atom. The third kappa shape index (κ3) is 2.09. The SMILES string of the molecule is N#Cc1ccc(-c2ccc(O)cc2)c(C#N)c1. The Morgan fingerprint density at radius 1 is 0.882 bits per heavy atom. The minimum Gasteiger partial charge on any atom is -0.508 e. The summed E-state index contributed by atoms with van der Waals surface area (Å²) in [6.45, 7) is 0. The molecule has 80 valence electrons. The fourth-order valence-electron chi connectivity index (χ4n) is 1.60. The number of nitriles is 2. The second-order valence-corrected chi connectivity index (χ2v) is 3.53. The lowest BCUT2D eigenvalue weighted by atomic mass is 9.98. The molecule has 0 aliphatic rings. The van der Waals surface area contributed by atoms with Gasteiger partial charge in [-0.3, -0.25) is 0 Å². The lowest BCUT2D eigenvalue weighted by Crippen LogP contribution is -1.86. The van der Waals surface area contributed by atoms with Gasteiger partial charge in [-0.05, 0) is 35.4 Å². The normalized spacial score (nSPS) is 9.29. The molecule has 3 heteroatoms. The topological polar surface area (TPSA) is 67.8 Å². The minimum atomic E-state index is 0.181. The van der Waals surface area contributed by atoms with E-state index in [1.54, 1.807) is 42.5 Å². The van der Waals surface area contributed by atoms with Gasteiger partial charge in [0.1, 0.15) is 5.75 Å². The first-order valence-corrected chi connectivity index (χ1v) is 4.98. The first-order chi connectivity index (χ1) is 8.24. The maximum atomic E-state index is 9.20. The molecule has 17 heavy (non-hydrogen) atoms. The average Bonchev–Trinajstić information content (AvgIpc) is 2.39. The van der Waals surface area contributed by atoms with Crippen LogP contribution in [0.15, 0.2) is 42.5 Å². The zero-order valence-corrected chi connectivity index (χ0v) is 8.88. The molecule has 2 aromatic rings. The molecular weight excluding hydrogens is 212 g/mol. The van der Waals surface area contributed by atoms with Gasteiger partial charge in [0.05, 0.1) is 23.3 Å². The van der Waals surface area contributed by atoms with Crippen molar-refractivity contribution in [3.63, 3.8) is 0 Å². The van der Waals surface area contributed by atoms with E-state index in [4.69, 9.17) is 10.5 Å². The molecule has 0 atom stereocenters. The van der Waals surface area contributed by atoms with Gasteiger partial charge in [-0.25, -0.2) is 0 Å². The number of nitrogens with zero attached hydrogens (tertiary/aromatic N) is 2. The molecule has 1 N–H and O–H groups in total. The molecule has 0 spiro atoms. The van der Waals surface area contributed by atoms with E-state index in [0.717, 1.165) is 11.1 Å². The van der Waals surface area contributed by atoms with E-state index >= 15 is 0 Å². The van der Waals surface area contributed by atoms with Crippen LogP contribution in [-0.2, 0) is 0 Å². The van der Waals surface area contributed by atoms with Gasteiger partial charge in [-0.1, -0.05) is 18.2 Å². The monoisotopic (exact) mass is 220 g/mol. The number of rotatable bonds is 1. The number of hydrogen-bond acceptors (Lipinski definition) is 3. The summed E-state index contributed by atoms with van der Waals surface area (Å²) in [6, 6.07) is 15.6. The molecule has 2 aromatic carbocycles. The molecule has 0 aliphatic carbocycles. The molecule has 0 heterocycles. The van der Waals surface area contributed by atoms with Crippen molar-refractivity contribution in [2.24, 2.45) is 0 Å². The highest BCUT2D eigenvalue weighted by Gasteiger charge is 2.05. The van der Waals surface area contributed by atoms with E-state index in [1.807, 2.05) is 6.07 Å². The van der Waals surface area contributed by atoms with Crippen LogP contribution in [0, 0.1) is 22.7 Å². The zero-order valence-electron chi connectivity index (χ0n) is 8.88. The molecule has 3 nitrogen and oxygen atoms in total. The fraction of sp³-hybridized carbons (Fsp3) is 0. The lowest BCUT2D eigenvalue weighted by molar-refractivity contribution is 0.475. The summed E-state index contributed by atoms with van der Waals surface area (Å²) >= 11 is 0. The predicted octanol–water partition coefficient (Wildman–Crippen LogP) is 2.80. The van der Waals surface area contributed by atoms with Crippen LogP contribution < -0.4 is 0 Å². The Balaban J connectivity index is 2.57. The van der Waals surface area contributed by atoms with Crippen LogP contribution in [-0.4, -0.2) is 5.11 Å². The van der Waals surface area contributed by atoms with Gasteiger partial charge in [-0.2, -0.15) is 10.5 Å². The Kier molecular flexibility index (Phi) is 2.77. The van der Waals surface area contributed by atoms with Crippen LogP contribution >= 0.6 is 0 Å². The van der Waals surface area contributed by atoms with Crippen LogP contribution in [0.4, 0.5) is 0 Å². The largest absolute Gasteiger partial charge is 0.508 e. The summed E-state index contributed by atoms with van der Waals surface area (Å²) in [4.78, 5) is 0. The molecule has 0 aromatic heterocycles. The maximum Gasteiger partial charge on any atom is 0.115 e. The molecule has 0 saturated heterocycles. The van der Waals surface area contributed by atoms with Crippen molar-refractivity contribution in [2.75, 3.05) is 0 Å². The molecule has 0 radical (unpaired) electrons. The van der Waals surface area contributed by atoms with Gasteiger partial charge in [-0.15, -0.1) is 0 Å². The van der Waals surface area contributed by atoms with Crippen molar-refractivity contribution in [3.8, 4) is 29.0 Å². The van der Waals surface area contributed by atoms with E-state index in [2.05, 4.69) is 6.07 Å². The first kappa shape index (κ1) is 10.7. The van der Waals surface area contributed by atoms with E-state index < -0.39 is 0 Å². The number of hydrogen-bond donors (Lipinski definition) is 1. The molecule has 0 bridgehead atoms. The minimum absolute atomic E-state index is 0.181. The number of phenolic OH excluding ortho intramolecular Hbond substituents is 1. The van der Waals surface area contributed by atoms with Crippen LogP contribution in [0.1, 0.15) is 11.1 Å². The van der Waals surface area contributed by atoms with Gasteiger partial charge >= 0.3 is 0 Å². The fourth-order valence-corrected chi connectivity index (χ4v) is 1.60. The second kappa shape index (κ2) is 4.38.